The van der Waals surface area contributed by atoms with Gasteiger partial charge in [0.1, 0.15) is 11.4 Å². The minimum absolute atomic E-state index is 0.353. The van der Waals surface area contributed by atoms with Crippen molar-refractivity contribution in [3.63, 3.8) is 0 Å². The molecule has 0 aliphatic carbocycles. The Bertz CT molecular complexity index is 381. The molecule has 1 aliphatic rings. The summed E-state index contributed by atoms with van der Waals surface area (Å²) in [6.07, 6.45) is 0. The summed E-state index contributed by atoms with van der Waals surface area (Å²) in [4.78, 5) is 0. The van der Waals surface area contributed by atoms with Crippen molar-refractivity contribution in [3.8, 4) is 5.75 Å². The largest absolute Gasteiger partial charge is 0.496 e. The minimum Gasteiger partial charge on any atom is -0.496 e. The smallest absolute Gasteiger partial charge is 0.140 e. The standard InChI is InChI=1S/C12H16O3/c1-8-4-10(12(13)6-15-7-12)11(14-3)5-9(8)2/h4-5,13H,6-7H2,1-3H3. The third-order valence-corrected chi connectivity index (χ3v) is 3.00. The lowest BCUT2D eigenvalue weighted by molar-refractivity contribution is -0.185. The molecule has 15 heavy (non-hydrogen) atoms. The molecule has 1 saturated heterocycles. The number of benzene rings is 1. The molecule has 1 aromatic carbocycles. The number of aliphatic hydroxyl groups is 1. The van der Waals surface area contributed by atoms with Gasteiger partial charge in [0, 0.05) is 5.56 Å². The van der Waals surface area contributed by atoms with Crippen LogP contribution >= 0.6 is 0 Å². The average Bonchev–Trinajstić information content (AvgIpc) is 2.18. The third-order valence-electron chi connectivity index (χ3n) is 3.00. The number of ether oxygens (including phenoxy) is 2. The molecule has 0 radical (unpaired) electrons. The van der Waals surface area contributed by atoms with Gasteiger partial charge in [-0.05, 0) is 37.1 Å². The zero-order chi connectivity index (χ0) is 11.1. The Balaban J connectivity index is 2.49. The van der Waals surface area contributed by atoms with Gasteiger partial charge >= 0.3 is 0 Å². The monoisotopic (exact) mass is 208 g/mol. The molecule has 0 saturated carbocycles. The van der Waals surface area contributed by atoms with Gasteiger partial charge in [-0.25, -0.2) is 0 Å². The first-order valence-corrected chi connectivity index (χ1v) is 5.03. The van der Waals surface area contributed by atoms with Crippen molar-refractivity contribution in [1.82, 2.24) is 0 Å². The molecule has 0 bridgehead atoms. The highest BCUT2D eigenvalue weighted by atomic mass is 16.5. The molecule has 1 N–H and O–H groups in total. The van der Waals surface area contributed by atoms with Crippen LogP contribution in [0.15, 0.2) is 12.1 Å². The molecule has 0 atom stereocenters. The van der Waals surface area contributed by atoms with E-state index >= 15 is 0 Å². The number of hydrogen-bond donors (Lipinski definition) is 1. The molecule has 1 heterocycles. The molecule has 2 rings (SSSR count). The molecule has 0 aromatic heterocycles. The van der Waals surface area contributed by atoms with Gasteiger partial charge in [0.15, 0.2) is 0 Å². The highest BCUT2D eigenvalue weighted by Gasteiger charge is 2.40. The first-order valence-electron chi connectivity index (χ1n) is 5.03. The summed E-state index contributed by atoms with van der Waals surface area (Å²) in [6, 6.07) is 3.94. The SMILES string of the molecule is COc1cc(C)c(C)cc1C1(O)COC1. The highest BCUT2D eigenvalue weighted by molar-refractivity contribution is 5.45. The van der Waals surface area contributed by atoms with E-state index < -0.39 is 5.60 Å². The van der Waals surface area contributed by atoms with E-state index in [2.05, 4.69) is 0 Å². The van der Waals surface area contributed by atoms with Crippen LogP contribution < -0.4 is 4.74 Å². The van der Waals surface area contributed by atoms with Crippen molar-refractivity contribution in [2.45, 2.75) is 19.4 Å². The zero-order valence-electron chi connectivity index (χ0n) is 9.33. The van der Waals surface area contributed by atoms with Crippen molar-refractivity contribution in [2.75, 3.05) is 20.3 Å². The maximum absolute atomic E-state index is 10.2. The van der Waals surface area contributed by atoms with Crippen LogP contribution in [0.4, 0.5) is 0 Å². The fraction of sp³-hybridized carbons (Fsp3) is 0.500. The zero-order valence-corrected chi connectivity index (χ0v) is 9.33. The van der Waals surface area contributed by atoms with Gasteiger partial charge in [-0.15, -0.1) is 0 Å². The molecule has 1 fully saturated rings. The van der Waals surface area contributed by atoms with E-state index in [4.69, 9.17) is 9.47 Å². The van der Waals surface area contributed by atoms with Crippen molar-refractivity contribution < 1.29 is 14.6 Å². The van der Waals surface area contributed by atoms with Gasteiger partial charge in [-0.1, -0.05) is 0 Å². The second kappa shape index (κ2) is 3.51. The Morgan fingerprint density at radius 2 is 1.87 bits per heavy atom. The van der Waals surface area contributed by atoms with Crippen molar-refractivity contribution >= 4 is 0 Å². The minimum atomic E-state index is -0.857. The fourth-order valence-corrected chi connectivity index (χ4v) is 1.77. The van der Waals surface area contributed by atoms with E-state index in [1.54, 1.807) is 7.11 Å². The van der Waals surface area contributed by atoms with Crippen LogP contribution in [0.2, 0.25) is 0 Å². The van der Waals surface area contributed by atoms with Gasteiger partial charge in [0.2, 0.25) is 0 Å². The Morgan fingerprint density at radius 3 is 2.33 bits per heavy atom. The summed E-state index contributed by atoms with van der Waals surface area (Å²) >= 11 is 0. The lowest BCUT2D eigenvalue weighted by atomic mass is 9.89. The lowest BCUT2D eigenvalue weighted by Gasteiger charge is -2.37. The van der Waals surface area contributed by atoms with Gasteiger partial charge in [-0.2, -0.15) is 0 Å². The molecule has 3 heteroatoms. The van der Waals surface area contributed by atoms with E-state index in [1.165, 1.54) is 5.56 Å². The molecule has 1 aromatic rings. The first-order chi connectivity index (χ1) is 7.07. The molecule has 82 valence electrons. The Hall–Kier alpha value is -1.06. The maximum atomic E-state index is 10.2. The number of aryl methyl sites for hydroxylation is 2. The molecule has 0 unspecified atom stereocenters. The predicted molar refractivity (Wildman–Crippen MR) is 57.2 cm³/mol. The number of methoxy groups -OCH3 is 1. The van der Waals surface area contributed by atoms with E-state index in [9.17, 15) is 5.11 Å². The quantitative estimate of drug-likeness (QED) is 0.801. The van der Waals surface area contributed by atoms with Gasteiger partial charge in [-0.3, -0.25) is 0 Å². The molecule has 3 nitrogen and oxygen atoms in total. The maximum Gasteiger partial charge on any atom is 0.140 e. The molecule has 1 aliphatic heterocycles. The first kappa shape index (κ1) is 10.5. The summed E-state index contributed by atoms with van der Waals surface area (Å²) in [5, 5.41) is 10.2. The third kappa shape index (κ3) is 1.62. The van der Waals surface area contributed by atoms with E-state index in [0.29, 0.717) is 13.2 Å². The summed E-state index contributed by atoms with van der Waals surface area (Å²) in [5.41, 5.74) is 2.30. The molecule has 0 spiro atoms. The van der Waals surface area contributed by atoms with Gasteiger partial charge in [0.05, 0.1) is 20.3 Å². The molecular formula is C12H16O3. The molecular weight excluding hydrogens is 192 g/mol. The Kier molecular flexibility index (Phi) is 2.44. The van der Waals surface area contributed by atoms with Crippen LogP contribution in [0.25, 0.3) is 0 Å². The van der Waals surface area contributed by atoms with Crippen LogP contribution in [0, 0.1) is 13.8 Å². The lowest BCUT2D eigenvalue weighted by Crippen LogP contribution is -2.46. The van der Waals surface area contributed by atoms with Crippen LogP contribution in [0.5, 0.6) is 5.75 Å². The summed E-state index contributed by atoms with van der Waals surface area (Å²) in [7, 11) is 1.62. The number of rotatable bonds is 2. The topological polar surface area (TPSA) is 38.7 Å². The van der Waals surface area contributed by atoms with Crippen molar-refractivity contribution in [2.24, 2.45) is 0 Å². The van der Waals surface area contributed by atoms with Crippen LogP contribution in [-0.4, -0.2) is 25.4 Å². The Morgan fingerprint density at radius 1 is 1.27 bits per heavy atom. The van der Waals surface area contributed by atoms with Crippen molar-refractivity contribution in [1.29, 1.82) is 0 Å². The highest BCUT2D eigenvalue weighted by Crippen LogP contribution is 2.37. The van der Waals surface area contributed by atoms with E-state index in [-0.39, 0.29) is 0 Å². The normalized spacial score (nSPS) is 18.4. The second-order valence-corrected chi connectivity index (χ2v) is 4.16. The number of hydrogen-bond acceptors (Lipinski definition) is 3. The predicted octanol–water partition coefficient (Wildman–Crippen LogP) is 1.53. The van der Waals surface area contributed by atoms with Gasteiger partial charge < -0.3 is 14.6 Å². The summed E-state index contributed by atoms with van der Waals surface area (Å²) in [6.45, 7) is 4.77. The summed E-state index contributed by atoms with van der Waals surface area (Å²) in [5.74, 6) is 0.740. The van der Waals surface area contributed by atoms with E-state index in [0.717, 1.165) is 16.9 Å². The van der Waals surface area contributed by atoms with Gasteiger partial charge in [0.25, 0.3) is 0 Å². The second-order valence-electron chi connectivity index (χ2n) is 4.16. The fourth-order valence-electron chi connectivity index (χ4n) is 1.77. The van der Waals surface area contributed by atoms with Crippen molar-refractivity contribution in [3.05, 3.63) is 28.8 Å². The van der Waals surface area contributed by atoms with Crippen LogP contribution in [0.1, 0.15) is 16.7 Å². The van der Waals surface area contributed by atoms with Crippen LogP contribution in [-0.2, 0) is 10.3 Å². The van der Waals surface area contributed by atoms with Crippen LogP contribution in [0.3, 0.4) is 0 Å². The Labute approximate surface area is 89.6 Å². The van der Waals surface area contributed by atoms with E-state index in [1.807, 2.05) is 26.0 Å². The summed E-state index contributed by atoms with van der Waals surface area (Å²) < 4.78 is 10.3. The molecule has 0 amide bonds. The average molecular weight is 208 g/mol.